The topological polar surface area (TPSA) is 50.7 Å². The second kappa shape index (κ2) is 5.12. The molecule has 1 aromatic heterocycles. The van der Waals surface area contributed by atoms with Crippen LogP contribution in [0.15, 0.2) is 24.3 Å². The first-order chi connectivity index (χ1) is 8.58. The average molecular weight is 242 g/mol. The number of anilines is 1. The number of aryl methyl sites for hydroxylation is 3. The molecule has 2 aromatic rings. The summed E-state index contributed by atoms with van der Waals surface area (Å²) in [5.41, 5.74) is 4.28. The van der Waals surface area contributed by atoms with E-state index in [4.69, 9.17) is 0 Å². The minimum atomic E-state index is 0.162. The van der Waals surface area contributed by atoms with Gasteiger partial charge in [-0.3, -0.25) is 0 Å². The van der Waals surface area contributed by atoms with Crippen LogP contribution in [-0.4, -0.2) is 15.2 Å². The van der Waals surface area contributed by atoms with Crippen LogP contribution in [0.1, 0.15) is 35.5 Å². The molecule has 0 aliphatic rings. The maximum Gasteiger partial charge on any atom is 0.243 e. The molecule has 1 N–H and O–H groups in total. The third-order valence-electron chi connectivity index (χ3n) is 3.09. The summed E-state index contributed by atoms with van der Waals surface area (Å²) in [6.07, 6.45) is 0. The second-order valence-electron chi connectivity index (χ2n) is 4.53. The molecule has 1 aromatic carbocycles. The molecular formula is C14H18N4. The van der Waals surface area contributed by atoms with Gasteiger partial charge in [0.25, 0.3) is 0 Å². The van der Waals surface area contributed by atoms with Crippen molar-refractivity contribution in [1.82, 2.24) is 15.2 Å². The molecule has 0 saturated heterocycles. The zero-order valence-corrected chi connectivity index (χ0v) is 11.2. The standard InChI is InChI=1S/C14H18N4/c1-9-7-5-6-8-13(9)12(4)16-14-15-10(2)11(3)17-18-14/h5-8,12H,1-4H3,(H,15,16,18). The molecule has 1 atom stereocenters. The monoisotopic (exact) mass is 242 g/mol. The fourth-order valence-electron chi connectivity index (χ4n) is 1.86. The third kappa shape index (κ3) is 2.64. The number of hydrogen-bond acceptors (Lipinski definition) is 4. The first-order valence-corrected chi connectivity index (χ1v) is 6.08. The van der Waals surface area contributed by atoms with Gasteiger partial charge in [-0.2, -0.15) is 5.10 Å². The van der Waals surface area contributed by atoms with Gasteiger partial charge in [-0.15, -0.1) is 5.10 Å². The molecule has 4 nitrogen and oxygen atoms in total. The van der Waals surface area contributed by atoms with E-state index in [1.807, 2.05) is 26.0 Å². The smallest absolute Gasteiger partial charge is 0.243 e. The molecule has 4 heteroatoms. The van der Waals surface area contributed by atoms with Crippen molar-refractivity contribution in [1.29, 1.82) is 0 Å². The molecule has 0 fully saturated rings. The first kappa shape index (κ1) is 12.5. The average Bonchev–Trinajstić information content (AvgIpc) is 2.34. The van der Waals surface area contributed by atoms with E-state index >= 15 is 0 Å². The van der Waals surface area contributed by atoms with Crippen LogP contribution < -0.4 is 5.32 Å². The zero-order chi connectivity index (χ0) is 13.1. The van der Waals surface area contributed by atoms with E-state index in [2.05, 4.69) is 46.5 Å². The van der Waals surface area contributed by atoms with Crippen molar-refractivity contribution in [3.8, 4) is 0 Å². The van der Waals surface area contributed by atoms with E-state index in [0.717, 1.165) is 11.4 Å². The Balaban J connectivity index is 2.19. The molecule has 0 aliphatic carbocycles. The van der Waals surface area contributed by atoms with Crippen molar-refractivity contribution in [2.24, 2.45) is 0 Å². The molecule has 0 bridgehead atoms. The highest BCUT2D eigenvalue weighted by Crippen LogP contribution is 2.19. The van der Waals surface area contributed by atoms with E-state index in [1.54, 1.807) is 0 Å². The molecular weight excluding hydrogens is 224 g/mol. The van der Waals surface area contributed by atoms with Crippen LogP contribution in [0.2, 0.25) is 0 Å². The summed E-state index contributed by atoms with van der Waals surface area (Å²) in [6.45, 7) is 8.05. The summed E-state index contributed by atoms with van der Waals surface area (Å²) < 4.78 is 0. The summed E-state index contributed by atoms with van der Waals surface area (Å²) in [5, 5.41) is 11.4. The van der Waals surface area contributed by atoms with Gasteiger partial charge < -0.3 is 5.32 Å². The fourth-order valence-corrected chi connectivity index (χ4v) is 1.86. The largest absolute Gasteiger partial charge is 0.346 e. The number of benzene rings is 1. The van der Waals surface area contributed by atoms with Gasteiger partial charge in [0.1, 0.15) is 0 Å². The van der Waals surface area contributed by atoms with Crippen LogP contribution in [0.5, 0.6) is 0 Å². The Labute approximate surface area is 107 Å². The highest BCUT2D eigenvalue weighted by molar-refractivity contribution is 5.35. The van der Waals surface area contributed by atoms with Crippen LogP contribution in [0.25, 0.3) is 0 Å². The zero-order valence-electron chi connectivity index (χ0n) is 11.2. The Morgan fingerprint density at radius 2 is 1.72 bits per heavy atom. The van der Waals surface area contributed by atoms with Crippen LogP contribution in [0.4, 0.5) is 5.95 Å². The van der Waals surface area contributed by atoms with Gasteiger partial charge in [-0.1, -0.05) is 24.3 Å². The molecule has 0 aliphatic heterocycles. The van der Waals surface area contributed by atoms with E-state index in [1.165, 1.54) is 11.1 Å². The Hall–Kier alpha value is -1.97. The van der Waals surface area contributed by atoms with Crippen LogP contribution >= 0.6 is 0 Å². The van der Waals surface area contributed by atoms with Crippen LogP contribution in [-0.2, 0) is 0 Å². The van der Waals surface area contributed by atoms with Gasteiger partial charge in [-0.05, 0) is 38.8 Å². The normalized spacial score (nSPS) is 12.2. The molecule has 18 heavy (non-hydrogen) atoms. The lowest BCUT2D eigenvalue weighted by Gasteiger charge is -2.16. The predicted molar refractivity (Wildman–Crippen MR) is 72.5 cm³/mol. The lowest BCUT2D eigenvalue weighted by Crippen LogP contribution is -2.12. The van der Waals surface area contributed by atoms with E-state index in [9.17, 15) is 0 Å². The second-order valence-corrected chi connectivity index (χ2v) is 4.53. The van der Waals surface area contributed by atoms with Crippen LogP contribution in [0, 0.1) is 20.8 Å². The Morgan fingerprint density at radius 1 is 1.00 bits per heavy atom. The number of aromatic nitrogens is 3. The quantitative estimate of drug-likeness (QED) is 0.899. The molecule has 1 unspecified atom stereocenters. The molecule has 1 heterocycles. The van der Waals surface area contributed by atoms with Gasteiger partial charge in [0.15, 0.2) is 0 Å². The molecule has 94 valence electrons. The minimum Gasteiger partial charge on any atom is -0.346 e. The van der Waals surface area contributed by atoms with Crippen molar-refractivity contribution in [2.75, 3.05) is 5.32 Å². The van der Waals surface area contributed by atoms with Crippen molar-refractivity contribution < 1.29 is 0 Å². The van der Waals surface area contributed by atoms with E-state index in [-0.39, 0.29) is 6.04 Å². The Kier molecular flexibility index (Phi) is 3.55. The molecule has 0 spiro atoms. The lowest BCUT2D eigenvalue weighted by atomic mass is 10.0. The Morgan fingerprint density at radius 3 is 2.39 bits per heavy atom. The number of nitrogens with one attached hydrogen (secondary N) is 1. The van der Waals surface area contributed by atoms with E-state index in [0.29, 0.717) is 5.95 Å². The van der Waals surface area contributed by atoms with Crippen molar-refractivity contribution in [2.45, 2.75) is 33.7 Å². The van der Waals surface area contributed by atoms with Gasteiger partial charge in [0.2, 0.25) is 5.95 Å². The van der Waals surface area contributed by atoms with Gasteiger partial charge in [0, 0.05) is 0 Å². The number of rotatable bonds is 3. The van der Waals surface area contributed by atoms with Crippen molar-refractivity contribution in [3.63, 3.8) is 0 Å². The predicted octanol–water partition coefficient (Wildman–Crippen LogP) is 2.97. The highest BCUT2D eigenvalue weighted by Gasteiger charge is 2.10. The number of hydrogen-bond donors (Lipinski definition) is 1. The van der Waals surface area contributed by atoms with Crippen molar-refractivity contribution in [3.05, 3.63) is 46.8 Å². The van der Waals surface area contributed by atoms with Crippen LogP contribution in [0.3, 0.4) is 0 Å². The summed E-state index contributed by atoms with van der Waals surface area (Å²) in [6, 6.07) is 8.46. The maximum absolute atomic E-state index is 4.38. The summed E-state index contributed by atoms with van der Waals surface area (Å²) in [7, 11) is 0. The lowest BCUT2D eigenvalue weighted by molar-refractivity contribution is 0.816. The first-order valence-electron chi connectivity index (χ1n) is 6.08. The molecule has 0 amide bonds. The fraction of sp³-hybridized carbons (Fsp3) is 0.357. The van der Waals surface area contributed by atoms with E-state index < -0.39 is 0 Å². The van der Waals surface area contributed by atoms with Gasteiger partial charge in [-0.25, -0.2) is 4.98 Å². The summed E-state index contributed by atoms with van der Waals surface area (Å²) >= 11 is 0. The SMILES string of the molecule is Cc1ccccc1C(C)Nc1nnc(C)c(C)n1. The van der Waals surface area contributed by atoms with Gasteiger partial charge >= 0.3 is 0 Å². The number of nitrogens with zero attached hydrogens (tertiary/aromatic N) is 3. The summed E-state index contributed by atoms with van der Waals surface area (Å²) in [5.74, 6) is 0.578. The highest BCUT2D eigenvalue weighted by atomic mass is 15.2. The van der Waals surface area contributed by atoms with Gasteiger partial charge in [0.05, 0.1) is 17.4 Å². The van der Waals surface area contributed by atoms with Crippen molar-refractivity contribution >= 4 is 5.95 Å². The minimum absolute atomic E-state index is 0.162. The third-order valence-corrected chi connectivity index (χ3v) is 3.09. The molecule has 0 radical (unpaired) electrons. The molecule has 0 saturated carbocycles. The molecule has 2 rings (SSSR count). The Bertz CT molecular complexity index is 551. The summed E-state index contributed by atoms with van der Waals surface area (Å²) in [4.78, 5) is 4.38. The maximum atomic E-state index is 4.38.